The van der Waals surface area contributed by atoms with Crippen molar-refractivity contribution in [3.63, 3.8) is 0 Å². The number of hydrogen-bond acceptors (Lipinski definition) is 4. The summed E-state index contributed by atoms with van der Waals surface area (Å²) in [6, 6.07) is 8.88. The fourth-order valence-electron chi connectivity index (χ4n) is 2.31. The molecule has 0 atom stereocenters. The number of anilines is 1. The first kappa shape index (κ1) is 23.3. The molecule has 0 saturated heterocycles. The van der Waals surface area contributed by atoms with E-state index in [1.54, 1.807) is 23.6 Å². The normalized spacial score (nSPS) is 14.6. The molecular weight excluding hydrogens is 419 g/mol. The number of thiophene rings is 1. The van der Waals surface area contributed by atoms with E-state index in [2.05, 4.69) is 0 Å². The average molecular weight is 441 g/mol. The average Bonchev–Trinajstić information content (AvgIpc) is 2.99. The van der Waals surface area contributed by atoms with Gasteiger partial charge in [0, 0.05) is 45.3 Å². The summed E-state index contributed by atoms with van der Waals surface area (Å²) in [5, 5.41) is 12.7. The fourth-order valence-corrected chi connectivity index (χ4v) is 4.96. The van der Waals surface area contributed by atoms with Crippen molar-refractivity contribution in [1.29, 1.82) is 0 Å². The number of benzene rings is 1. The Labute approximate surface area is 174 Å². The molecule has 0 amide bonds. The van der Waals surface area contributed by atoms with Gasteiger partial charge in [0.2, 0.25) is 0 Å². The van der Waals surface area contributed by atoms with E-state index in [0.29, 0.717) is 16.1 Å². The van der Waals surface area contributed by atoms with Gasteiger partial charge in [0.1, 0.15) is 15.7 Å². The molecule has 2 aromatic rings. The van der Waals surface area contributed by atoms with E-state index in [9.17, 15) is 13.5 Å². The number of fused-ring (bicyclic) bond motifs is 1. The first-order valence-corrected chi connectivity index (χ1v) is 9.32. The Kier molecular flexibility index (Phi) is 8.87. The van der Waals surface area contributed by atoms with Crippen LogP contribution in [0.4, 0.5) is 5.00 Å². The maximum Gasteiger partial charge on any atom is 0.269 e. The number of rotatable bonds is 1. The zero-order valence-corrected chi connectivity index (χ0v) is 19.0. The van der Waals surface area contributed by atoms with Crippen LogP contribution in [0, 0.1) is 14.4 Å². The van der Waals surface area contributed by atoms with E-state index in [4.69, 9.17) is 0 Å². The van der Waals surface area contributed by atoms with Crippen LogP contribution in [0.1, 0.15) is 30.5 Å². The molecule has 4 nitrogen and oxygen atoms in total. The second kappa shape index (κ2) is 9.13. The maximum absolute atomic E-state index is 12.7. The van der Waals surface area contributed by atoms with Gasteiger partial charge in [-0.25, -0.2) is 8.42 Å². The van der Waals surface area contributed by atoms with Gasteiger partial charge < -0.3 is 12.5 Å². The minimum atomic E-state index is -3.74. The first-order valence-electron chi connectivity index (χ1n) is 7.00. The Morgan fingerprint density at radius 3 is 2.25 bits per heavy atom. The predicted molar refractivity (Wildman–Crippen MR) is 100 cm³/mol. The molecule has 3 rings (SSSR count). The molecule has 7 heteroatoms. The summed E-state index contributed by atoms with van der Waals surface area (Å²) in [6.07, 6.45) is 0. The topological polar surface area (TPSA) is 57.6 Å². The van der Waals surface area contributed by atoms with Gasteiger partial charge in [-0.1, -0.05) is 38.1 Å². The van der Waals surface area contributed by atoms with Crippen LogP contribution in [-0.2, 0) is 42.7 Å². The monoisotopic (exact) mass is 441 g/mol. The summed E-state index contributed by atoms with van der Waals surface area (Å²) in [7, 11) is -2.23. The summed E-state index contributed by atoms with van der Waals surface area (Å²) >= 11 is 1.29. The second-order valence-electron chi connectivity index (χ2n) is 4.60. The summed E-state index contributed by atoms with van der Waals surface area (Å²) in [5.74, 6) is -0.173. The standard InChI is InChI=1S/C14H13NO3S2.C2H6.CH3.Y/c1-9-5-3-4-6-10(9)13-12(16)11-7-8-19-14(11)15(2)20(13,17)18;1-2;;/h3-8,16H,1-2H3;1-2H3;1H3;/q;;-1;. The van der Waals surface area contributed by atoms with Crippen LogP contribution in [0.5, 0.6) is 0 Å². The van der Waals surface area contributed by atoms with Gasteiger partial charge in [-0.2, -0.15) is 0 Å². The SMILES string of the molecule is CC.Cc1ccccc1C1=C(O)c2ccsc2N(C)S1(=O)=O.[CH3-].[Y]. The van der Waals surface area contributed by atoms with Crippen LogP contribution in [0.15, 0.2) is 35.7 Å². The maximum atomic E-state index is 12.7. The van der Waals surface area contributed by atoms with E-state index in [0.717, 1.165) is 5.56 Å². The van der Waals surface area contributed by atoms with Crippen LogP contribution in [0.2, 0.25) is 0 Å². The molecule has 1 aliphatic rings. The molecule has 0 aliphatic carbocycles. The molecule has 0 unspecified atom stereocenters. The largest absolute Gasteiger partial charge is 0.506 e. The zero-order chi connectivity index (χ0) is 16.5. The molecule has 1 radical (unpaired) electrons. The molecule has 1 aromatic carbocycles. The van der Waals surface area contributed by atoms with Gasteiger partial charge in [0.05, 0.1) is 5.56 Å². The second-order valence-corrected chi connectivity index (χ2v) is 7.41. The number of nitrogens with zero attached hydrogens (tertiary/aromatic N) is 1. The molecule has 1 N–H and O–H groups in total. The fraction of sp³-hybridized carbons (Fsp3) is 0.235. The van der Waals surface area contributed by atoms with E-state index in [1.165, 1.54) is 22.7 Å². The Bertz CT molecular complexity index is 826. The minimum absolute atomic E-state index is 0. The van der Waals surface area contributed by atoms with E-state index < -0.39 is 10.0 Å². The summed E-state index contributed by atoms with van der Waals surface area (Å²) in [4.78, 5) is -0.0241. The Morgan fingerprint density at radius 2 is 1.67 bits per heavy atom. The zero-order valence-electron chi connectivity index (χ0n) is 14.6. The van der Waals surface area contributed by atoms with Crippen molar-refractivity contribution in [3.05, 3.63) is 59.8 Å². The Morgan fingerprint density at radius 1 is 1.08 bits per heavy atom. The van der Waals surface area contributed by atoms with Crippen molar-refractivity contribution < 1.29 is 46.2 Å². The molecule has 24 heavy (non-hydrogen) atoms. The number of sulfonamides is 1. The smallest absolute Gasteiger partial charge is 0.269 e. The van der Waals surface area contributed by atoms with Crippen molar-refractivity contribution in [2.75, 3.05) is 11.4 Å². The van der Waals surface area contributed by atoms with Crippen molar-refractivity contribution >= 4 is 37.0 Å². The number of aliphatic hydroxyl groups is 1. The van der Waals surface area contributed by atoms with Gasteiger partial charge in [0.25, 0.3) is 10.0 Å². The molecule has 0 fully saturated rings. The molecule has 0 spiro atoms. The summed E-state index contributed by atoms with van der Waals surface area (Å²) < 4.78 is 26.5. The van der Waals surface area contributed by atoms with Crippen LogP contribution in [0.3, 0.4) is 0 Å². The first-order chi connectivity index (χ1) is 10.4. The minimum Gasteiger partial charge on any atom is -0.506 e. The Balaban J connectivity index is 0.00000128. The predicted octanol–water partition coefficient (Wildman–Crippen LogP) is 4.69. The molecular formula is C17H22NO3S2Y-. The van der Waals surface area contributed by atoms with Gasteiger partial charge in [-0.05, 0) is 23.9 Å². The molecule has 0 saturated carbocycles. The molecule has 1 aliphatic heterocycles. The van der Waals surface area contributed by atoms with Gasteiger partial charge in [-0.3, -0.25) is 4.31 Å². The van der Waals surface area contributed by atoms with Crippen molar-refractivity contribution in [3.8, 4) is 0 Å². The third-order valence-corrected chi connectivity index (χ3v) is 6.35. The van der Waals surface area contributed by atoms with E-state index in [-0.39, 0.29) is 50.8 Å². The number of aryl methyl sites for hydroxylation is 1. The van der Waals surface area contributed by atoms with Crippen molar-refractivity contribution in [2.45, 2.75) is 20.8 Å². The van der Waals surface area contributed by atoms with Gasteiger partial charge >= 0.3 is 0 Å². The summed E-state index contributed by atoms with van der Waals surface area (Å²) in [5.41, 5.74) is 1.91. The van der Waals surface area contributed by atoms with E-state index >= 15 is 0 Å². The van der Waals surface area contributed by atoms with E-state index in [1.807, 2.05) is 32.9 Å². The van der Waals surface area contributed by atoms with Crippen LogP contribution < -0.4 is 4.31 Å². The van der Waals surface area contributed by atoms with Crippen LogP contribution in [-0.4, -0.2) is 20.6 Å². The third kappa shape index (κ3) is 3.77. The van der Waals surface area contributed by atoms with Gasteiger partial charge in [0.15, 0.2) is 0 Å². The van der Waals surface area contributed by atoms with Crippen LogP contribution in [0.25, 0.3) is 10.7 Å². The number of hydrogen-bond donors (Lipinski definition) is 1. The molecule has 0 bridgehead atoms. The quantitative estimate of drug-likeness (QED) is 0.653. The van der Waals surface area contributed by atoms with Crippen LogP contribution >= 0.6 is 11.3 Å². The molecule has 129 valence electrons. The molecule has 2 heterocycles. The number of aliphatic hydroxyl groups excluding tert-OH is 1. The van der Waals surface area contributed by atoms with Crippen molar-refractivity contribution in [2.24, 2.45) is 0 Å². The summed E-state index contributed by atoms with van der Waals surface area (Å²) in [6.45, 7) is 5.83. The Hall–Kier alpha value is -0.686. The molecule has 1 aromatic heterocycles. The third-order valence-electron chi connectivity index (χ3n) is 3.41. The van der Waals surface area contributed by atoms with Crippen molar-refractivity contribution in [1.82, 2.24) is 0 Å². The van der Waals surface area contributed by atoms with Gasteiger partial charge in [-0.15, -0.1) is 11.3 Å².